The molecule has 0 saturated heterocycles. The molecule has 0 bridgehead atoms. The number of hydrogen-bond donors (Lipinski definition) is 2. The molecule has 2 N–H and O–H groups in total. The van der Waals surface area contributed by atoms with E-state index in [1.54, 1.807) is 14.2 Å². The summed E-state index contributed by atoms with van der Waals surface area (Å²) >= 11 is 0. The molecule has 0 aliphatic heterocycles. The van der Waals surface area contributed by atoms with Crippen molar-refractivity contribution in [2.75, 3.05) is 31.4 Å². The smallest absolute Gasteiger partial charge is 0.141 e. The zero-order valence-electron chi connectivity index (χ0n) is 13.4. The first-order valence-corrected chi connectivity index (χ1v) is 7.55. The zero-order chi connectivity index (χ0) is 15.8. The van der Waals surface area contributed by atoms with E-state index in [-0.39, 0.29) is 0 Å². The van der Waals surface area contributed by atoms with E-state index >= 15 is 0 Å². The van der Waals surface area contributed by atoms with Crippen LogP contribution in [0.25, 0.3) is 0 Å². The molecule has 0 saturated carbocycles. The minimum Gasteiger partial charge on any atom is -0.495 e. The van der Waals surface area contributed by atoms with E-state index in [2.05, 4.69) is 17.6 Å². The quantitative estimate of drug-likeness (QED) is 0.773. The van der Waals surface area contributed by atoms with Crippen molar-refractivity contribution in [2.45, 2.75) is 19.4 Å². The number of para-hydroxylation sites is 4. The molecular weight excluding hydrogens is 276 g/mol. The number of methoxy groups -OCH3 is 2. The first-order chi connectivity index (χ1) is 10.8. The summed E-state index contributed by atoms with van der Waals surface area (Å²) in [5.74, 6) is 1.72. The van der Waals surface area contributed by atoms with Crippen LogP contribution in [0.1, 0.15) is 13.3 Å². The Morgan fingerprint density at radius 1 is 0.864 bits per heavy atom. The van der Waals surface area contributed by atoms with Gasteiger partial charge in [-0.1, -0.05) is 31.2 Å². The lowest BCUT2D eigenvalue weighted by Crippen LogP contribution is -2.27. The Morgan fingerprint density at radius 3 is 2.00 bits per heavy atom. The molecule has 0 fully saturated rings. The van der Waals surface area contributed by atoms with Crippen molar-refractivity contribution in [3.05, 3.63) is 48.5 Å². The molecule has 0 aromatic heterocycles. The molecule has 4 heteroatoms. The molecular formula is C18H24N2O2. The van der Waals surface area contributed by atoms with E-state index in [0.29, 0.717) is 6.04 Å². The van der Waals surface area contributed by atoms with Crippen LogP contribution in [0.4, 0.5) is 11.4 Å². The molecule has 0 spiro atoms. The van der Waals surface area contributed by atoms with Crippen LogP contribution >= 0.6 is 0 Å². The van der Waals surface area contributed by atoms with E-state index in [9.17, 15) is 0 Å². The Bertz CT molecular complexity index is 587. The number of nitrogens with one attached hydrogen (secondary N) is 2. The number of hydrogen-bond acceptors (Lipinski definition) is 4. The van der Waals surface area contributed by atoms with Gasteiger partial charge in [0.25, 0.3) is 0 Å². The van der Waals surface area contributed by atoms with Crippen molar-refractivity contribution in [1.29, 1.82) is 0 Å². The predicted octanol–water partition coefficient (Wildman–Crippen LogP) is 4.01. The summed E-state index contributed by atoms with van der Waals surface area (Å²) < 4.78 is 10.8. The SMILES string of the molecule is CCC(CNc1ccccc1OC)Nc1ccccc1OC. The van der Waals surface area contributed by atoms with Gasteiger partial charge in [-0.15, -0.1) is 0 Å². The summed E-state index contributed by atoms with van der Waals surface area (Å²) in [5, 5.41) is 6.97. The lowest BCUT2D eigenvalue weighted by atomic mass is 10.2. The Labute approximate surface area is 132 Å². The number of benzene rings is 2. The Kier molecular flexibility index (Phi) is 5.95. The van der Waals surface area contributed by atoms with Crippen molar-refractivity contribution in [1.82, 2.24) is 0 Å². The highest BCUT2D eigenvalue weighted by molar-refractivity contribution is 5.58. The van der Waals surface area contributed by atoms with Gasteiger partial charge in [-0.25, -0.2) is 0 Å². The lowest BCUT2D eigenvalue weighted by Gasteiger charge is -2.21. The summed E-state index contributed by atoms with van der Waals surface area (Å²) in [5.41, 5.74) is 2.02. The normalized spacial score (nSPS) is 11.6. The van der Waals surface area contributed by atoms with Crippen LogP contribution in [0.15, 0.2) is 48.5 Å². The number of ether oxygens (including phenoxy) is 2. The van der Waals surface area contributed by atoms with E-state index in [1.807, 2.05) is 48.5 Å². The summed E-state index contributed by atoms with van der Waals surface area (Å²) in [6, 6.07) is 16.2. The van der Waals surface area contributed by atoms with Crippen molar-refractivity contribution in [3.8, 4) is 11.5 Å². The van der Waals surface area contributed by atoms with Gasteiger partial charge in [-0.05, 0) is 30.7 Å². The van der Waals surface area contributed by atoms with E-state index in [0.717, 1.165) is 35.8 Å². The second-order valence-electron chi connectivity index (χ2n) is 5.03. The summed E-state index contributed by atoms with van der Waals surface area (Å²) in [4.78, 5) is 0. The van der Waals surface area contributed by atoms with Crippen LogP contribution in [0.2, 0.25) is 0 Å². The van der Waals surface area contributed by atoms with E-state index < -0.39 is 0 Å². The molecule has 0 aliphatic carbocycles. The van der Waals surface area contributed by atoms with E-state index in [1.165, 1.54) is 0 Å². The van der Waals surface area contributed by atoms with Gasteiger partial charge in [0, 0.05) is 12.6 Å². The highest BCUT2D eigenvalue weighted by Crippen LogP contribution is 2.26. The third-order valence-corrected chi connectivity index (χ3v) is 3.61. The van der Waals surface area contributed by atoms with Crippen LogP contribution in [-0.4, -0.2) is 26.8 Å². The largest absolute Gasteiger partial charge is 0.495 e. The highest BCUT2D eigenvalue weighted by Gasteiger charge is 2.10. The maximum atomic E-state index is 5.39. The van der Waals surface area contributed by atoms with Crippen molar-refractivity contribution in [3.63, 3.8) is 0 Å². The molecule has 0 radical (unpaired) electrons. The maximum Gasteiger partial charge on any atom is 0.141 e. The fraction of sp³-hybridized carbons (Fsp3) is 0.333. The van der Waals surface area contributed by atoms with Crippen LogP contribution in [0, 0.1) is 0 Å². The maximum absolute atomic E-state index is 5.39. The van der Waals surface area contributed by atoms with E-state index in [4.69, 9.17) is 9.47 Å². The Hall–Kier alpha value is -2.36. The summed E-state index contributed by atoms with van der Waals surface area (Å²) in [6.07, 6.45) is 1.00. The monoisotopic (exact) mass is 300 g/mol. The van der Waals surface area contributed by atoms with Gasteiger partial charge in [0.2, 0.25) is 0 Å². The van der Waals surface area contributed by atoms with Gasteiger partial charge in [0.1, 0.15) is 11.5 Å². The fourth-order valence-corrected chi connectivity index (χ4v) is 2.31. The lowest BCUT2D eigenvalue weighted by molar-refractivity contribution is 0.415. The third-order valence-electron chi connectivity index (χ3n) is 3.61. The first kappa shape index (κ1) is 16.0. The minimum atomic E-state index is 0.293. The van der Waals surface area contributed by atoms with Gasteiger partial charge >= 0.3 is 0 Å². The van der Waals surface area contributed by atoms with Gasteiger partial charge in [-0.2, -0.15) is 0 Å². The van der Waals surface area contributed by atoms with Gasteiger partial charge in [0.15, 0.2) is 0 Å². The molecule has 118 valence electrons. The molecule has 1 atom stereocenters. The van der Waals surface area contributed by atoms with Crippen LogP contribution in [0.3, 0.4) is 0 Å². The molecule has 0 aliphatic rings. The second kappa shape index (κ2) is 8.17. The number of rotatable bonds is 8. The summed E-state index contributed by atoms with van der Waals surface area (Å²) in [7, 11) is 3.37. The predicted molar refractivity (Wildman–Crippen MR) is 92.2 cm³/mol. The molecule has 2 aromatic rings. The van der Waals surface area contributed by atoms with Gasteiger partial charge in [-0.3, -0.25) is 0 Å². The molecule has 0 heterocycles. The Morgan fingerprint density at radius 2 is 1.41 bits per heavy atom. The first-order valence-electron chi connectivity index (χ1n) is 7.55. The average Bonchev–Trinajstić information content (AvgIpc) is 2.59. The average molecular weight is 300 g/mol. The molecule has 4 nitrogen and oxygen atoms in total. The summed E-state index contributed by atoms with van der Waals surface area (Å²) in [6.45, 7) is 2.96. The fourth-order valence-electron chi connectivity index (χ4n) is 2.31. The van der Waals surface area contributed by atoms with Gasteiger partial charge in [0.05, 0.1) is 25.6 Å². The van der Waals surface area contributed by atoms with Crippen molar-refractivity contribution >= 4 is 11.4 Å². The van der Waals surface area contributed by atoms with Crippen molar-refractivity contribution < 1.29 is 9.47 Å². The second-order valence-corrected chi connectivity index (χ2v) is 5.03. The van der Waals surface area contributed by atoms with Crippen LogP contribution in [0.5, 0.6) is 11.5 Å². The topological polar surface area (TPSA) is 42.5 Å². The zero-order valence-corrected chi connectivity index (χ0v) is 13.4. The molecule has 1 unspecified atom stereocenters. The van der Waals surface area contributed by atoms with Gasteiger partial charge < -0.3 is 20.1 Å². The molecule has 2 aromatic carbocycles. The number of anilines is 2. The Balaban J connectivity index is 2.00. The molecule has 0 amide bonds. The third kappa shape index (κ3) is 4.07. The van der Waals surface area contributed by atoms with Crippen LogP contribution < -0.4 is 20.1 Å². The molecule has 2 rings (SSSR count). The minimum absolute atomic E-state index is 0.293. The highest BCUT2D eigenvalue weighted by atomic mass is 16.5. The van der Waals surface area contributed by atoms with Crippen molar-refractivity contribution in [2.24, 2.45) is 0 Å². The molecule has 22 heavy (non-hydrogen) atoms. The standard InChI is InChI=1S/C18H24N2O2/c1-4-14(20-16-10-6-8-12-18(16)22-3)13-19-15-9-5-7-11-17(15)21-2/h5-12,14,19-20H,4,13H2,1-3H3. The van der Waals surface area contributed by atoms with Crippen LogP contribution in [-0.2, 0) is 0 Å².